The maximum Gasteiger partial charge on any atom is 0.322 e. The number of ether oxygens (including phenoxy) is 1. The number of morpholine rings is 1. The monoisotopic (exact) mass is 468 g/mol. The average molecular weight is 469 g/mol. The van der Waals surface area contributed by atoms with Gasteiger partial charge in [-0.1, -0.05) is 29.8 Å². The zero-order valence-electron chi connectivity index (χ0n) is 19.0. The van der Waals surface area contributed by atoms with Gasteiger partial charge in [0.25, 0.3) is 5.56 Å². The zero-order chi connectivity index (χ0) is 23.4. The molecule has 0 unspecified atom stereocenters. The van der Waals surface area contributed by atoms with Gasteiger partial charge in [-0.25, -0.2) is 4.79 Å². The van der Waals surface area contributed by atoms with Gasteiger partial charge in [0.15, 0.2) is 0 Å². The minimum absolute atomic E-state index is 0.178. The SMILES string of the molecule is Cc1ccc(C)c2[nH]c(=O)c(CN(CCN3CCOCC3)C(=O)Nc3cccc(Cl)c3)cc12. The Morgan fingerprint density at radius 2 is 1.91 bits per heavy atom. The number of pyridine rings is 1. The Kier molecular flexibility index (Phi) is 7.33. The van der Waals surface area contributed by atoms with Crippen molar-refractivity contribution in [2.24, 2.45) is 0 Å². The van der Waals surface area contributed by atoms with Crippen LogP contribution in [-0.4, -0.2) is 60.2 Å². The summed E-state index contributed by atoms with van der Waals surface area (Å²) in [6, 6.07) is 12.7. The van der Waals surface area contributed by atoms with Gasteiger partial charge in [0.2, 0.25) is 0 Å². The number of hydrogen-bond acceptors (Lipinski definition) is 4. The highest BCUT2D eigenvalue weighted by Gasteiger charge is 2.19. The number of aromatic nitrogens is 1. The fourth-order valence-electron chi connectivity index (χ4n) is 4.05. The predicted octanol–water partition coefficient (Wildman–Crippen LogP) is 4.16. The zero-order valence-corrected chi connectivity index (χ0v) is 19.7. The van der Waals surface area contributed by atoms with Gasteiger partial charge in [-0.2, -0.15) is 0 Å². The smallest absolute Gasteiger partial charge is 0.322 e. The van der Waals surface area contributed by atoms with E-state index in [0.29, 0.717) is 42.6 Å². The van der Waals surface area contributed by atoms with Gasteiger partial charge in [0, 0.05) is 47.8 Å². The van der Waals surface area contributed by atoms with E-state index >= 15 is 0 Å². The van der Waals surface area contributed by atoms with Crippen LogP contribution in [-0.2, 0) is 11.3 Å². The molecule has 2 amide bonds. The van der Waals surface area contributed by atoms with E-state index in [1.165, 1.54) is 0 Å². The summed E-state index contributed by atoms with van der Waals surface area (Å²) in [5.74, 6) is 0. The second-order valence-corrected chi connectivity index (χ2v) is 8.86. The number of urea groups is 1. The fourth-order valence-corrected chi connectivity index (χ4v) is 4.24. The molecule has 0 aliphatic carbocycles. The second-order valence-electron chi connectivity index (χ2n) is 8.43. The van der Waals surface area contributed by atoms with E-state index in [-0.39, 0.29) is 18.1 Å². The third kappa shape index (κ3) is 5.74. The summed E-state index contributed by atoms with van der Waals surface area (Å²) >= 11 is 6.08. The van der Waals surface area contributed by atoms with E-state index in [4.69, 9.17) is 16.3 Å². The molecule has 1 aliphatic heterocycles. The van der Waals surface area contributed by atoms with Crippen LogP contribution < -0.4 is 10.9 Å². The predicted molar refractivity (Wildman–Crippen MR) is 132 cm³/mol. The fraction of sp³-hybridized carbons (Fsp3) is 0.360. The molecule has 1 aromatic heterocycles. The summed E-state index contributed by atoms with van der Waals surface area (Å²) in [6.45, 7) is 8.44. The highest BCUT2D eigenvalue weighted by atomic mass is 35.5. The molecule has 2 N–H and O–H groups in total. The molecule has 2 aromatic carbocycles. The molecule has 0 bridgehead atoms. The minimum atomic E-state index is -0.272. The third-order valence-corrected chi connectivity index (χ3v) is 6.27. The lowest BCUT2D eigenvalue weighted by atomic mass is 10.0. The molecule has 1 saturated heterocycles. The number of benzene rings is 2. The first-order valence-electron chi connectivity index (χ1n) is 11.1. The molecule has 0 radical (unpaired) electrons. The summed E-state index contributed by atoms with van der Waals surface area (Å²) in [4.78, 5) is 33.1. The lowest BCUT2D eigenvalue weighted by Crippen LogP contribution is -2.44. The number of aromatic amines is 1. The molecular formula is C25H29ClN4O3. The number of carbonyl (C=O) groups is 1. The molecule has 0 saturated carbocycles. The van der Waals surface area contributed by atoms with Crippen molar-refractivity contribution in [3.63, 3.8) is 0 Å². The van der Waals surface area contributed by atoms with Crippen molar-refractivity contribution in [1.82, 2.24) is 14.8 Å². The van der Waals surface area contributed by atoms with E-state index in [9.17, 15) is 9.59 Å². The van der Waals surface area contributed by atoms with Crippen LogP contribution in [0.1, 0.15) is 16.7 Å². The number of rotatable bonds is 6. The van der Waals surface area contributed by atoms with E-state index < -0.39 is 0 Å². The number of anilines is 1. The van der Waals surface area contributed by atoms with Crippen molar-refractivity contribution in [1.29, 1.82) is 0 Å². The van der Waals surface area contributed by atoms with Crippen LogP contribution in [0.3, 0.4) is 0 Å². The Morgan fingerprint density at radius 3 is 2.67 bits per heavy atom. The van der Waals surface area contributed by atoms with Gasteiger partial charge in [-0.05, 0) is 49.2 Å². The van der Waals surface area contributed by atoms with Crippen molar-refractivity contribution in [3.8, 4) is 0 Å². The summed E-state index contributed by atoms with van der Waals surface area (Å²) in [5.41, 5.74) is 3.93. The molecule has 0 spiro atoms. The third-order valence-electron chi connectivity index (χ3n) is 6.03. The van der Waals surface area contributed by atoms with Crippen LogP contribution in [0.5, 0.6) is 0 Å². The molecule has 8 heteroatoms. The normalized spacial score (nSPS) is 14.4. The molecule has 7 nitrogen and oxygen atoms in total. The number of aryl methyl sites for hydroxylation is 2. The molecule has 174 valence electrons. The van der Waals surface area contributed by atoms with Gasteiger partial charge < -0.3 is 19.9 Å². The van der Waals surface area contributed by atoms with Gasteiger partial charge >= 0.3 is 6.03 Å². The maximum atomic E-state index is 13.2. The average Bonchev–Trinajstić information content (AvgIpc) is 2.80. The first-order chi connectivity index (χ1) is 15.9. The van der Waals surface area contributed by atoms with Crippen molar-refractivity contribution in [2.75, 3.05) is 44.7 Å². The Hall–Kier alpha value is -2.87. The number of fused-ring (bicyclic) bond motifs is 1. The number of carbonyl (C=O) groups excluding carboxylic acids is 1. The number of amides is 2. The molecule has 4 rings (SSSR count). The quantitative estimate of drug-likeness (QED) is 0.569. The van der Waals surface area contributed by atoms with Crippen molar-refractivity contribution < 1.29 is 9.53 Å². The summed E-state index contributed by atoms with van der Waals surface area (Å²) in [7, 11) is 0. The van der Waals surface area contributed by atoms with Gasteiger partial charge in [0.1, 0.15) is 0 Å². The van der Waals surface area contributed by atoms with Crippen LogP contribution in [0.25, 0.3) is 10.9 Å². The standard InChI is InChI=1S/C25H29ClN4O3/c1-17-6-7-18(2)23-22(17)14-19(24(31)28-23)16-30(9-8-29-10-12-33-13-11-29)25(32)27-21-5-3-4-20(26)15-21/h3-7,14-15H,8-13,16H2,1-2H3,(H,27,32)(H,28,31). The first-order valence-corrected chi connectivity index (χ1v) is 11.5. The molecule has 2 heterocycles. The second kappa shape index (κ2) is 10.4. The number of H-pyrrole nitrogens is 1. The van der Waals surface area contributed by atoms with E-state index in [0.717, 1.165) is 35.1 Å². The lowest BCUT2D eigenvalue weighted by molar-refractivity contribution is 0.0349. The lowest BCUT2D eigenvalue weighted by Gasteiger charge is -2.30. The molecule has 1 aliphatic rings. The molecular weight excluding hydrogens is 440 g/mol. The van der Waals surface area contributed by atoms with E-state index in [1.54, 1.807) is 29.2 Å². The van der Waals surface area contributed by atoms with E-state index in [1.807, 2.05) is 32.0 Å². The van der Waals surface area contributed by atoms with Crippen LogP contribution in [0.4, 0.5) is 10.5 Å². The number of nitrogens with one attached hydrogen (secondary N) is 2. The largest absolute Gasteiger partial charge is 0.379 e. The number of halogens is 1. The van der Waals surface area contributed by atoms with Gasteiger partial charge in [-0.3, -0.25) is 9.69 Å². The number of hydrogen-bond donors (Lipinski definition) is 2. The van der Waals surface area contributed by atoms with Crippen molar-refractivity contribution in [3.05, 3.63) is 74.5 Å². The number of nitrogens with zero attached hydrogens (tertiary/aromatic N) is 2. The summed E-state index contributed by atoms with van der Waals surface area (Å²) in [6.07, 6.45) is 0. The molecule has 1 fully saturated rings. The van der Waals surface area contributed by atoms with Crippen LogP contribution in [0, 0.1) is 13.8 Å². The Morgan fingerprint density at radius 1 is 1.15 bits per heavy atom. The summed E-state index contributed by atoms with van der Waals surface area (Å²) < 4.78 is 5.42. The Bertz CT molecular complexity index is 1200. The first kappa shape index (κ1) is 23.3. The topological polar surface area (TPSA) is 77.7 Å². The molecule has 0 atom stereocenters. The summed E-state index contributed by atoms with van der Waals surface area (Å²) in [5, 5.41) is 4.45. The molecule has 33 heavy (non-hydrogen) atoms. The van der Waals surface area contributed by atoms with Crippen LogP contribution >= 0.6 is 11.6 Å². The van der Waals surface area contributed by atoms with Crippen LogP contribution in [0.2, 0.25) is 5.02 Å². The minimum Gasteiger partial charge on any atom is -0.379 e. The van der Waals surface area contributed by atoms with Crippen LogP contribution in [0.15, 0.2) is 47.3 Å². The maximum absolute atomic E-state index is 13.2. The van der Waals surface area contributed by atoms with E-state index in [2.05, 4.69) is 15.2 Å². The Labute approximate surface area is 198 Å². The Balaban J connectivity index is 1.59. The molecule has 3 aromatic rings. The van der Waals surface area contributed by atoms with Crippen molar-refractivity contribution in [2.45, 2.75) is 20.4 Å². The van der Waals surface area contributed by atoms with Gasteiger partial charge in [-0.15, -0.1) is 0 Å². The van der Waals surface area contributed by atoms with Crippen molar-refractivity contribution >= 4 is 34.2 Å². The van der Waals surface area contributed by atoms with Gasteiger partial charge in [0.05, 0.1) is 25.3 Å². The highest BCUT2D eigenvalue weighted by molar-refractivity contribution is 6.30. The highest BCUT2D eigenvalue weighted by Crippen LogP contribution is 2.21.